The number of ether oxygens (including phenoxy) is 1. The number of likely N-dealkylation sites (tertiary alicyclic amines) is 1. The summed E-state index contributed by atoms with van der Waals surface area (Å²) in [5, 5.41) is 14.9. The minimum Gasteiger partial charge on any atom is -0.493 e. The number of carbonyl (C=O) groups is 2. The van der Waals surface area contributed by atoms with Crippen LogP contribution >= 0.6 is 0 Å². The molecule has 230 valence electrons. The minimum atomic E-state index is -0.821. The number of rotatable bonds is 13. The second-order valence-corrected chi connectivity index (χ2v) is 13.0. The van der Waals surface area contributed by atoms with Crippen LogP contribution in [0.3, 0.4) is 0 Å². The number of hydrogen-bond acceptors (Lipinski definition) is 5. The molecule has 0 radical (unpaired) electrons. The quantitative estimate of drug-likeness (QED) is 0.298. The zero-order valence-electron chi connectivity index (χ0n) is 26.0. The Morgan fingerprint density at radius 2 is 1.98 bits per heavy atom. The first-order valence-electron chi connectivity index (χ1n) is 15.5. The first-order valence-corrected chi connectivity index (χ1v) is 15.5. The van der Waals surface area contributed by atoms with Crippen LogP contribution in [0.1, 0.15) is 48.8 Å². The van der Waals surface area contributed by atoms with Crippen LogP contribution in [0.4, 0.5) is 5.69 Å². The van der Waals surface area contributed by atoms with E-state index in [0.717, 1.165) is 52.9 Å². The third-order valence-electron chi connectivity index (χ3n) is 8.64. The van der Waals surface area contributed by atoms with Gasteiger partial charge in [0.05, 0.1) is 40.2 Å². The number of amides is 1. The lowest BCUT2D eigenvalue weighted by atomic mass is 9.83. The van der Waals surface area contributed by atoms with E-state index < -0.39 is 11.9 Å². The molecular weight excluding hydrogens is 542 g/mol. The molecule has 3 heterocycles. The van der Waals surface area contributed by atoms with Gasteiger partial charge >= 0.3 is 5.97 Å². The molecule has 2 aliphatic heterocycles. The topological polar surface area (TPSA) is 87.9 Å². The molecule has 0 saturated carbocycles. The Labute approximate surface area is 255 Å². The van der Waals surface area contributed by atoms with E-state index in [1.807, 2.05) is 46.1 Å². The van der Waals surface area contributed by atoms with Crippen molar-refractivity contribution in [3.8, 4) is 5.75 Å². The number of anilines is 1. The summed E-state index contributed by atoms with van der Waals surface area (Å²) in [6.45, 7) is 5.54. The molecule has 43 heavy (non-hydrogen) atoms. The molecule has 5 rings (SSSR count). The second-order valence-electron chi connectivity index (χ2n) is 13.0. The van der Waals surface area contributed by atoms with Crippen molar-refractivity contribution < 1.29 is 23.9 Å². The number of hydrogen-bond donors (Lipinski definition) is 1. The molecular formula is C34H46N5O4+. The van der Waals surface area contributed by atoms with E-state index in [2.05, 4.69) is 56.3 Å². The molecule has 3 atom stereocenters. The number of carboxylic acids is 1. The smallest absolute Gasteiger partial charge is 0.308 e. The van der Waals surface area contributed by atoms with Crippen molar-refractivity contribution in [2.45, 2.75) is 57.7 Å². The number of aliphatic carboxylic acids is 1. The molecule has 1 aromatic heterocycles. The third kappa shape index (κ3) is 7.46. The zero-order valence-corrected chi connectivity index (χ0v) is 26.0. The SMILES string of the molecule is CCCCN(C(=O)CN1CC(c2ccc3c(c2)CCO3)C(C(=O)O)C1CCn1cccn1)c1cccc(C[N+](C)(C)C)c1. The maximum absolute atomic E-state index is 14.2. The highest BCUT2D eigenvalue weighted by atomic mass is 16.5. The molecule has 0 aliphatic carbocycles. The van der Waals surface area contributed by atoms with E-state index >= 15 is 0 Å². The van der Waals surface area contributed by atoms with Crippen LogP contribution in [-0.4, -0.2) is 89.6 Å². The predicted octanol–water partition coefficient (Wildman–Crippen LogP) is 4.42. The van der Waals surface area contributed by atoms with E-state index in [1.165, 1.54) is 5.56 Å². The van der Waals surface area contributed by atoms with E-state index in [0.29, 0.717) is 32.7 Å². The summed E-state index contributed by atoms with van der Waals surface area (Å²) in [5.41, 5.74) is 4.22. The Morgan fingerprint density at radius 1 is 1.14 bits per heavy atom. The maximum Gasteiger partial charge on any atom is 0.308 e. The van der Waals surface area contributed by atoms with Gasteiger partial charge in [0.2, 0.25) is 5.91 Å². The normalized spacial score (nSPS) is 20.1. The monoisotopic (exact) mass is 588 g/mol. The number of quaternary nitrogens is 1. The number of nitrogens with zero attached hydrogens (tertiary/aromatic N) is 5. The van der Waals surface area contributed by atoms with Crippen LogP contribution < -0.4 is 9.64 Å². The summed E-state index contributed by atoms with van der Waals surface area (Å²) < 4.78 is 8.35. The molecule has 0 bridgehead atoms. The predicted molar refractivity (Wildman–Crippen MR) is 167 cm³/mol. The first-order chi connectivity index (χ1) is 20.6. The van der Waals surface area contributed by atoms with Gasteiger partial charge in [-0.2, -0.15) is 5.10 Å². The molecule has 2 aromatic carbocycles. The van der Waals surface area contributed by atoms with Crippen molar-refractivity contribution in [1.29, 1.82) is 0 Å². The fourth-order valence-electron chi connectivity index (χ4n) is 6.67. The first kappa shape index (κ1) is 30.8. The summed E-state index contributed by atoms with van der Waals surface area (Å²) in [6, 6.07) is 16.0. The molecule has 1 saturated heterocycles. The average molecular weight is 589 g/mol. The molecule has 9 nitrogen and oxygen atoms in total. The average Bonchev–Trinajstić information content (AvgIpc) is 3.71. The van der Waals surface area contributed by atoms with E-state index in [-0.39, 0.29) is 24.4 Å². The molecule has 1 amide bonds. The number of aryl methyl sites for hydroxylation is 1. The van der Waals surface area contributed by atoms with Crippen LogP contribution in [0.15, 0.2) is 60.9 Å². The highest BCUT2D eigenvalue weighted by molar-refractivity contribution is 5.95. The van der Waals surface area contributed by atoms with Crippen LogP contribution in [-0.2, 0) is 29.1 Å². The van der Waals surface area contributed by atoms with Crippen molar-refractivity contribution >= 4 is 17.6 Å². The molecule has 1 fully saturated rings. The van der Waals surface area contributed by atoms with Gasteiger partial charge in [-0.05, 0) is 48.2 Å². The number of benzene rings is 2. The second kappa shape index (κ2) is 13.3. The summed E-state index contributed by atoms with van der Waals surface area (Å²) in [7, 11) is 6.48. The Bertz CT molecular complexity index is 1400. The van der Waals surface area contributed by atoms with Crippen LogP contribution in [0, 0.1) is 5.92 Å². The summed E-state index contributed by atoms with van der Waals surface area (Å²) >= 11 is 0. The lowest BCUT2D eigenvalue weighted by Crippen LogP contribution is -2.45. The molecule has 3 unspecified atom stereocenters. The van der Waals surface area contributed by atoms with Crippen molar-refractivity contribution in [3.05, 3.63) is 77.6 Å². The van der Waals surface area contributed by atoms with Gasteiger partial charge in [-0.1, -0.05) is 37.6 Å². The van der Waals surface area contributed by atoms with Crippen molar-refractivity contribution in [3.63, 3.8) is 0 Å². The Hall–Kier alpha value is -3.69. The molecule has 2 aliphatic rings. The summed E-state index contributed by atoms with van der Waals surface area (Å²) in [6.07, 6.45) is 6.92. The Balaban J connectivity index is 1.43. The van der Waals surface area contributed by atoms with Gasteiger partial charge in [-0.15, -0.1) is 0 Å². The van der Waals surface area contributed by atoms with Gasteiger partial charge in [-0.3, -0.25) is 19.2 Å². The highest BCUT2D eigenvalue weighted by Gasteiger charge is 2.47. The van der Waals surface area contributed by atoms with Gasteiger partial charge < -0.3 is 19.2 Å². The zero-order chi connectivity index (χ0) is 30.6. The molecule has 9 heteroatoms. The van der Waals surface area contributed by atoms with Crippen molar-refractivity contribution in [2.24, 2.45) is 5.92 Å². The highest BCUT2D eigenvalue weighted by Crippen LogP contribution is 2.41. The van der Waals surface area contributed by atoms with Crippen molar-refractivity contribution in [1.82, 2.24) is 14.7 Å². The van der Waals surface area contributed by atoms with Crippen LogP contribution in [0.5, 0.6) is 5.75 Å². The standard InChI is InChI=1S/C34H45N5O4/c1-5-6-17-38(28-10-7-9-25(20-28)24-39(2,3)4)32(40)23-36-22-29(26-11-12-31-27(21-26)14-19-43-31)33(34(41)42)30(36)13-18-37-16-8-15-35-37/h7-12,15-16,20-21,29-30,33H,5-6,13-14,17-19,22-24H2,1-4H3/p+1. The van der Waals surface area contributed by atoms with E-state index in [4.69, 9.17) is 4.74 Å². The van der Waals surface area contributed by atoms with Gasteiger partial charge in [0, 0.05) is 61.7 Å². The van der Waals surface area contributed by atoms with Crippen LogP contribution in [0.2, 0.25) is 0 Å². The Kier molecular flexibility index (Phi) is 9.52. The van der Waals surface area contributed by atoms with Crippen LogP contribution in [0.25, 0.3) is 0 Å². The number of fused-ring (bicyclic) bond motifs is 1. The van der Waals surface area contributed by atoms with Crippen molar-refractivity contribution in [2.75, 3.05) is 52.3 Å². The van der Waals surface area contributed by atoms with Gasteiger partial charge in [0.1, 0.15) is 12.3 Å². The van der Waals surface area contributed by atoms with E-state index in [9.17, 15) is 14.7 Å². The molecule has 1 N–H and O–H groups in total. The fraction of sp³-hybridized carbons (Fsp3) is 0.500. The molecule has 0 spiro atoms. The lowest BCUT2D eigenvalue weighted by molar-refractivity contribution is -0.884. The number of aromatic nitrogens is 2. The lowest BCUT2D eigenvalue weighted by Gasteiger charge is -2.30. The largest absolute Gasteiger partial charge is 0.493 e. The summed E-state index contributed by atoms with van der Waals surface area (Å²) in [4.78, 5) is 31.1. The Morgan fingerprint density at radius 3 is 2.70 bits per heavy atom. The summed E-state index contributed by atoms with van der Waals surface area (Å²) in [5.74, 6) is -0.795. The number of carbonyl (C=O) groups excluding carboxylic acids is 1. The number of carboxylic acid groups (broad SMARTS) is 1. The number of unbranched alkanes of at least 4 members (excludes halogenated alkanes) is 1. The fourth-order valence-corrected chi connectivity index (χ4v) is 6.67. The minimum absolute atomic E-state index is 0.00656. The van der Waals surface area contributed by atoms with Gasteiger partial charge in [-0.25, -0.2) is 0 Å². The van der Waals surface area contributed by atoms with E-state index in [1.54, 1.807) is 6.20 Å². The third-order valence-corrected chi connectivity index (χ3v) is 8.64. The van der Waals surface area contributed by atoms with Gasteiger partial charge in [0.15, 0.2) is 0 Å². The maximum atomic E-state index is 14.2. The molecule has 3 aromatic rings. The van der Waals surface area contributed by atoms with Gasteiger partial charge in [0.25, 0.3) is 0 Å².